The summed E-state index contributed by atoms with van der Waals surface area (Å²) in [6.07, 6.45) is 2.16. The van der Waals surface area contributed by atoms with Crippen molar-refractivity contribution in [1.82, 2.24) is 14.8 Å². The van der Waals surface area contributed by atoms with Crippen LogP contribution in [-0.2, 0) is 13.7 Å². The van der Waals surface area contributed by atoms with Crippen molar-refractivity contribution in [2.45, 2.75) is 6.61 Å². The molecule has 0 saturated heterocycles. The number of nitrogens with zero attached hydrogens (tertiary/aromatic N) is 3. The van der Waals surface area contributed by atoms with Crippen LogP contribution in [0.15, 0.2) is 18.5 Å². The lowest BCUT2D eigenvalue weighted by atomic mass is 10.2. The van der Waals surface area contributed by atoms with Crippen LogP contribution >= 0.6 is 0 Å². The number of benzene rings is 1. The van der Waals surface area contributed by atoms with E-state index in [1.807, 2.05) is 0 Å². The van der Waals surface area contributed by atoms with E-state index in [1.165, 1.54) is 6.33 Å². The van der Waals surface area contributed by atoms with Crippen LogP contribution in [0.4, 0.5) is 0 Å². The van der Waals surface area contributed by atoms with Crippen molar-refractivity contribution in [2.75, 3.05) is 6.79 Å². The molecule has 2 aromatic rings. The lowest BCUT2D eigenvalue weighted by Crippen LogP contribution is -2.05. The van der Waals surface area contributed by atoms with E-state index in [9.17, 15) is 4.79 Å². The minimum atomic E-state index is 0.153. The second kappa shape index (κ2) is 4.60. The van der Waals surface area contributed by atoms with Crippen LogP contribution in [0.25, 0.3) is 0 Å². The number of ether oxygens (including phenoxy) is 3. The summed E-state index contributed by atoms with van der Waals surface area (Å²) >= 11 is 0. The first-order chi connectivity index (χ1) is 9.28. The largest absolute Gasteiger partial charge is 0.485 e. The number of hydrogen-bond acceptors (Lipinski definition) is 6. The minimum Gasteiger partial charge on any atom is -0.485 e. The van der Waals surface area contributed by atoms with Crippen molar-refractivity contribution >= 4 is 6.29 Å². The molecule has 98 valence electrons. The zero-order valence-corrected chi connectivity index (χ0v) is 10.2. The third kappa shape index (κ3) is 2.10. The molecule has 1 aliphatic rings. The Morgan fingerprint density at radius 1 is 1.42 bits per heavy atom. The molecule has 7 nitrogen and oxygen atoms in total. The Morgan fingerprint density at radius 3 is 2.89 bits per heavy atom. The van der Waals surface area contributed by atoms with E-state index in [4.69, 9.17) is 14.2 Å². The molecule has 0 unspecified atom stereocenters. The first-order valence-corrected chi connectivity index (χ1v) is 5.62. The molecular weight excluding hydrogens is 250 g/mol. The van der Waals surface area contributed by atoms with Crippen molar-refractivity contribution in [3.63, 3.8) is 0 Å². The highest BCUT2D eigenvalue weighted by molar-refractivity contribution is 5.81. The molecule has 0 radical (unpaired) electrons. The van der Waals surface area contributed by atoms with Crippen molar-refractivity contribution in [3.05, 3.63) is 29.8 Å². The van der Waals surface area contributed by atoms with Gasteiger partial charge in [-0.1, -0.05) is 0 Å². The lowest BCUT2D eigenvalue weighted by Gasteiger charge is -2.08. The fourth-order valence-corrected chi connectivity index (χ4v) is 1.75. The Balaban J connectivity index is 1.84. The van der Waals surface area contributed by atoms with E-state index < -0.39 is 0 Å². The molecule has 0 aliphatic carbocycles. The number of fused-ring (bicyclic) bond motifs is 1. The number of carbonyl (C=O) groups excluding carboxylic acids is 1. The first-order valence-electron chi connectivity index (χ1n) is 5.62. The predicted molar refractivity (Wildman–Crippen MR) is 63.3 cm³/mol. The number of aldehydes is 1. The average molecular weight is 261 g/mol. The van der Waals surface area contributed by atoms with Gasteiger partial charge in [0.2, 0.25) is 6.79 Å². The van der Waals surface area contributed by atoms with E-state index in [0.29, 0.717) is 34.9 Å². The summed E-state index contributed by atoms with van der Waals surface area (Å²) in [7, 11) is 1.77. The fraction of sp³-hybridized carbons (Fsp3) is 0.250. The van der Waals surface area contributed by atoms with Gasteiger partial charge in [0.15, 0.2) is 23.6 Å². The smallest absolute Gasteiger partial charge is 0.231 e. The third-order valence-corrected chi connectivity index (χ3v) is 2.79. The van der Waals surface area contributed by atoms with E-state index in [1.54, 1.807) is 23.9 Å². The number of aryl methyl sites for hydroxylation is 1. The van der Waals surface area contributed by atoms with Gasteiger partial charge in [0.1, 0.15) is 18.7 Å². The van der Waals surface area contributed by atoms with Gasteiger partial charge in [0.25, 0.3) is 0 Å². The highest BCUT2D eigenvalue weighted by Gasteiger charge is 2.18. The summed E-state index contributed by atoms with van der Waals surface area (Å²) in [4.78, 5) is 15.1. The summed E-state index contributed by atoms with van der Waals surface area (Å²) in [5.41, 5.74) is 0.409. The summed E-state index contributed by atoms with van der Waals surface area (Å²) in [5.74, 6) is 2.21. The second-order valence-electron chi connectivity index (χ2n) is 3.95. The second-order valence-corrected chi connectivity index (χ2v) is 3.95. The molecule has 3 rings (SSSR count). The van der Waals surface area contributed by atoms with Gasteiger partial charge in [0, 0.05) is 13.1 Å². The SMILES string of the molecule is Cn1ncnc1COc1cc2c(cc1C=O)OCO2. The Bertz CT molecular complexity index is 623. The Morgan fingerprint density at radius 2 is 2.21 bits per heavy atom. The van der Waals surface area contributed by atoms with Crippen LogP contribution in [0.3, 0.4) is 0 Å². The van der Waals surface area contributed by atoms with Crippen molar-refractivity contribution in [1.29, 1.82) is 0 Å². The maximum atomic E-state index is 11.0. The normalized spacial score (nSPS) is 12.5. The standard InChI is InChI=1S/C12H11N3O4/c1-15-12(13-6-14-15)5-17-9-3-11-10(18-7-19-11)2-8(9)4-16/h2-4,6H,5,7H2,1H3. The highest BCUT2D eigenvalue weighted by atomic mass is 16.7. The molecule has 0 saturated carbocycles. The van der Waals surface area contributed by atoms with Gasteiger partial charge in [-0.3, -0.25) is 9.48 Å². The van der Waals surface area contributed by atoms with Crippen molar-refractivity contribution < 1.29 is 19.0 Å². The number of hydrogen-bond donors (Lipinski definition) is 0. The fourth-order valence-electron chi connectivity index (χ4n) is 1.75. The van der Waals surface area contributed by atoms with Gasteiger partial charge in [-0.25, -0.2) is 4.98 Å². The third-order valence-electron chi connectivity index (χ3n) is 2.79. The molecule has 0 N–H and O–H groups in total. The average Bonchev–Trinajstić information content (AvgIpc) is 3.03. The van der Waals surface area contributed by atoms with Crippen LogP contribution < -0.4 is 14.2 Å². The van der Waals surface area contributed by atoms with Crippen molar-refractivity contribution in [2.24, 2.45) is 7.05 Å². The minimum absolute atomic E-state index is 0.153. The van der Waals surface area contributed by atoms with Crippen molar-refractivity contribution in [3.8, 4) is 17.2 Å². The molecular formula is C12H11N3O4. The molecule has 2 heterocycles. The number of rotatable bonds is 4. The van der Waals surface area contributed by atoms with Crippen LogP contribution in [-0.4, -0.2) is 27.8 Å². The van der Waals surface area contributed by atoms with Gasteiger partial charge in [-0.05, 0) is 6.07 Å². The Hall–Kier alpha value is -2.57. The first kappa shape index (κ1) is 11.5. The maximum Gasteiger partial charge on any atom is 0.231 e. The van der Waals surface area contributed by atoms with Gasteiger partial charge in [0.05, 0.1) is 5.56 Å². The molecule has 1 aromatic carbocycles. The van der Waals surface area contributed by atoms with Crippen LogP contribution in [0.2, 0.25) is 0 Å². The summed E-state index contributed by atoms with van der Waals surface area (Å²) in [5, 5.41) is 3.94. The Labute approximate surface area is 108 Å². The zero-order valence-electron chi connectivity index (χ0n) is 10.2. The number of carbonyl (C=O) groups is 1. The summed E-state index contributed by atoms with van der Waals surface area (Å²) in [6.45, 7) is 0.372. The number of aromatic nitrogens is 3. The van der Waals surface area contributed by atoms with Gasteiger partial charge >= 0.3 is 0 Å². The van der Waals surface area contributed by atoms with Gasteiger partial charge < -0.3 is 14.2 Å². The maximum absolute atomic E-state index is 11.0. The summed E-state index contributed by atoms with van der Waals surface area (Å²) in [6, 6.07) is 3.24. The van der Waals surface area contributed by atoms with Gasteiger partial charge in [-0.15, -0.1) is 0 Å². The van der Waals surface area contributed by atoms with E-state index >= 15 is 0 Å². The Kier molecular flexibility index (Phi) is 2.79. The molecule has 0 atom stereocenters. The molecule has 0 bridgehead atoms. The highest BCUT2D eigenvalue weighted by Crippen LogP contribution is 2.37. The monoisotopic (exact) mass is 261 g/mol. The van der Waals surface area contributed by atoms with Crippen LogP contribution in [0.5, 0.6) is 17.2 Å². The predicted octanol–water partition coefficient (Wildman–Crippen LogP) is 0.935. The quantitative estimate of drug-likeness (QED) is 0.762. The lowest BCUT2D eigenvalue weighted by molar-refractivity contribution is 0.111. The molecule has 1 aliphatic heterocycles. The summed E-state index contributed by atoms with van der Waals surface area (Å²) < 4.78 is 17.6. The molecule has 0 amide bonds. The van der Waals surface area contributed by atoms with E-state index in [-0.39, 0.29) is 13.4 Å². The van der Waals surface area contributed by atoms with E-state index in [2.05, 4.69) is 10.1 Å². The molecule has 1 aromatic heterocycles. The molecule has 0 spiro atoms. The van der Waals surface area contributed by atoms with E-state index in [0.717, 1.165) is 0 Å². The molecule has 0 fully saturated rings. The van der Waals surface area contributed by atoms with Crippen LogP contribution in [0, 0.1) is 0 Å². The van der Waals surface area contributed by atoms with Crippen LogP contribution in [0.1, 0.15) is 16.2 Å². The topological polar surface area (TPSA) is 75.5 Å². The molecule has 7 heteroatoms. The zero-order chi connectivity index (χ0) is 13.2. The van der Waals surface area contributed by atoms with Gasteiger partial charge in [-0.2, -0.15) is 5.10 Å². The molecule has 19 heavy (non-hydrogen) atoms.